The molecule has 2 aromatic rings. The summed E-state index contributed by atoms with van der Waals surface area (Å²) in [5, 5.41) is 2.71. The minimum absolute atomic E-state index is 0.206. The zero-order valence-corrected chi connectivity index (χ0v) is 14.6. The van der Waals surface area contributed by atoms with E-state index < -0.39 is 29.3 Å². The molecule has 126 valence electrons. The third-order valence-corrected chi connectivity index (χ3v) is 4.38. The molecule has 24 heavy (non-hydrogen) atoms. The molecule has 0 bridgehead atoms. The van der Waals surface area contributed by atoms with Gasteiger partial charge in [-0.25, -0.2) is 4.79 Å². The maximum absolute atomic E-state index is 12.1. The van der Waals surface area contributed by atoms with Crippen molar-refractivity contribution in [1.29, 1.82) is 0 Å². The normalized spacial score (nSPS) is 11.6. The number of carbonyl (C=O) groups is 2. The Labute approximate surface area is 143 Å². The summed E-state index contributed by atoms with van der Waals surface area (Å²) >= 11 is 0. The third-order valence-electron chi connectivity index (χ3n) is 3.41. The van der Waals surface area contributed by atoms with Gasteiger partial charge in [-0.3, -0.25) is 9.00 Å². The lowest BCUT2D eigenvalue weighted by Crippen LogP contribution is -2.21. The van der Waals surface area contributed by atoms with E-state index in [9.17, 15) is 13.8 Å². The molecule has 1 atom stereocenters. The van der Waals surface area contributed by atoms with E-state index in [1.165, 1.54) is 12.3 Å². The summed E-state index contributed by atoms with van der Waals surface area (Å²) < 4.78 is 16.7. The molecule has 0 aliphatic carbocycles. The van der Waals surface area contributed by atoms with Crippen LogP contribution in [0.3, 0.4) is 0 Å². The van der Waals surface area contributed by atoms with Crippen LogP contribution < -0.4 is 5.32 Å². The van der Waals surface area contributed by atoms with Crippen LogP contribution in [-0.4, -0.2) is 28.9 Å². The Kier molecular flexibility index (Phi) is 5.87. The lowest BCUT2D eigenvalue weighted by molar-refractivity contribution is -0.119. The highest BCUT2D eigenvalue weighted by Crippen LogP contribution is 2.16. The molecular weight excluding hydrogens is 326 g/mol. The van der Waals surface area contributed by atoms with Crippen LogP contribution in [-0.2, 0) is 20.3 Å². The summed E-state index contributed by atoms with van der Waals surface area (Å²) in [6.45, 7) is 3.45. The summed E-state index contributed by atoms with van der Waals surface area (Å²) in [7, 11) is -1.31. The zero-order valence-electron chi connectivity index (χ0n) is 13.8. The zero-order chi connectivity index (χ0) is 17.7. The summed E-state index contributed by atoms with van der Waals surface area (Å²) in [5.41, 5.74) is 2.91. The highest BCUT2D eigenvalue weighted by Gasteiger charge is 2.16. The predicted molar refractivity (Wildman–Crippen MR) is 93.6 cm³/mol. The summed E-state index contributed by atoms with van der Waals surface area (Å²) in [6.07, 6.45) is 1.49. The van der Waals surface area contributed by atoms with E-state index in [1.807, 2.05) is 26.0 Å². The average molecular weight is 345 g/mol. The number of esters is 1. The Morgan fingerprint density at radius 3 is 2.50 bits per heavy atom. The maximum Gasteiger partial charge on any atom is 0.339 e. The molecule has 6 heteroatoms. The molecule has 1 N–H and O–H groups in total. The number of aryl methyl sites for hydroxylation is 2. The molecule has 0 saturated heterocycles. The van der Waals surface area contributed by atoms with Crippen molar-refractivity contribution in [2.75, 3.05) is 18.2 Å². The number of carbonyl (C=O) groups excluding carboxylic acids is 2. The maximum atomic E-state index is 12.1. The second kappa shape index (κ2) is 7.88. The fraction of sp³-hybridized carbons (Fsp3) is 0.222. The highest BCUT2D eigenvalue weighted by atomic mass is 32.2. The first-order chi connectivity index (χ1) is 11.4. The second-order valence-corrected chi connectivity index (χ2v) is 6.74. The number of benzene rings is 2. The fourth-order valence-corrected chi connectivity index (χ4v) is 2.97. The monoisotopic (exact) mass is 345 g/mol. The predicted octanol–water partition coefficient (Wildman–Crippen LogP) is 2.84. The van der Waals surface area contributed by atoms with Crippen LogP contribution in [0.2, 0.25) is 0 Å². The molecule has 0 heterocycles. The largest absolute Gasteiger partial charge is 0.452 e. The minimum Gasteiger partial charge on any atom is -0.452 e. The Hall–Kier alpha value is -2.47. The summed E-state index contributed by atoms with van der Waals surface area (Å²) in [6, 6.07) is 12.1. The number of rotatable bonds is 5. The first-order valence-electron chi connectivity index (χ1n) is 7.35. The molecular formula is C18H19NO4S. The van der Waals surface area contributed by atoms with Crippen LogP contribution >= 0.6 is 0 Å². The van der Waals surface area contributed by atoms with Crippen molar-refractivity contribution < 1.29 is 18.5 Å². The Balaban J connectivity index is 1.99. The third kappa shape index (κ3) is 4.52. The van der Waals surface area contributed by atoms with Gasteiger partial charge < -0.3 is 10.1 Å². The first kappa shape index (κ1) is 17.9. The second-order valence-electron chi connectivity index (χ2n) is 5.39. The van der Waals surface area contributed by atoms with Gasteiger partial charge in [0.05, 0.1) is 21.3 Å². The van der Waals surface area contributed by atoms with Crippen molar-refractivity contribution in [3.8, 4) is 0 Å². The minimum atomic E-state index is -1.31. The smallest absolute Gasteiger partial charge is 0.339 e. The van der Waals surface area contributed by atoms with Crippen LogP contribution in [0.25, 0.3) is 0 Å². The van der Waals surface area contributed by atoms with E-state index in [0.717, 1.165) is 11.1 Å². The molecule has 1 amide bonds. The standard InChI is InChI=1S/C18H19NO4S/c1-12-8-9-15(13(2)10-12)19-17(20)11-23-18(21)14-6-4-5-7-16(14)24(3)22/h4-10H,11H2,1-3H3,(H,19,20)/t24-/m1/s1. The quantitative estimate of drug-likeness (QED) is 0.846. The average Bonchev–Trinajstić information content (AvgIpc) is 2.55. The van der Waals surface area contributed by atoms with Crippen LogP contribution in [0.4, 0.5) is 5.69 Å². The lowest BCUT2D eigenvalue weighted by atomic mass is 10.1. The van der Waals surface area contributed by atoms with Crippen molar-refractivity contribution >= 4 is 28.4 Å². The van der Waals surface area contributed by atoms with Crippen molar-refractivity contribution in [3.05, 3.63) is 59.2 Å². The highest BCUT2D eigenvalue weighted by molar-refractivity contribution is 7.84. The van der Waals surface area contributed by atoms with Crippen molar-refractivity contribution in [2.45, 2.75) is 18.7 Å². The number of amides is 1. The van der Waals surface area contributed by atoms with Crippen molar-refractivity contribution in [3.63, 3.8) is 0 Å². The fourth-order valence-electron chi connectivity index (χ4n) is 2.23. The molecule has 2 rings (SSSR count). The van der Waals surface area contributed by atoms with Crippen LogP contribution in [0.15, 0.2) is 47.4 Å². The van der Waals surface area contributed by atoms with Gasteiger partial charge >= 0.3 is 5.97 Å². The van der Waals surface area contributed by atoms with Crippen LogP contribution in [0.1, 0.15) is 21.5 Å². The number of anilines is 1. The molecule has 0 aliphatic rings. The number of hydrogen-bond acceptors (Lipinski definition) is 4. The molecule has 0 aliphatic heterocycles. The Bertz CT molecular complexity index is 801. The summed E-state index contributed by atoms with van der Waals surface area (Å²) in [5.74, 6) is -1.10. The molecule has 5 nitrogen and oxygen atoms in total. The molecule has 0 unspecified atom stereocenters. The van der Waals surface area contributed by atoms with E-state index in [-0.39, 0.29) is 5.56 Å². The van der Waals surface area contributed by atoms with Gasteiger partial charge in [0.25, 0.3) is 5.91 Å². The topological polar surface area (TPSA) is 72.5 Å². The van der Waals surface area contributed by atoms with E-state index in [2.05, 4.69) is 5.32 Å². The van der Waals surface area contributed by atoms with E-state index in [4.69, 9.17) is 4.74 Å². The first-order valence-corrected chi connectivity index (χ1v) is 8.91. The van der Waals surface area contributed by atoms with Crippen LogP contribution in [0.5, 0.6) is 0 Å². The van der Waals surface area contributed by atoms with Gasteiger partial charge in [0.2, 0.25) is 0 Å². The molecule has 0 radical (unpaired) electrons. The van der Waals surface area contributed by atoms with Crippen molar-refractivity contribution in [2.24, 2.45) is 0 Å². The van der Waals surface area contributed by atoms with Gasteiger partial charge in [0, 0.05) is 11.9 Å². The molecule has 0 saturated carbocycles. The Morgan fingerprint density at radius 1 is 1.12 bits per heavy atom. The van der Waals surface area contributed by atoms with Gasteiger partial charge in [0.1, 0.15) is 0 Å². The number of nitrogens with one attached hydrogen (secondary N) is 1. The van der Waals surface area contributed by atoms with Gasteiger partial charge in [-0.15, -0.1) is 0 Å². The Morgan fingerprint density at radius 2 is 1.83 bits per heavy atom. The SMILES string of the molecule is Cc1ccc(NC(=O)COC(=O)c2ccccc2[S@@](C)=O)c(C)c1. The van der Waals surface area contributed by atoms with E-state index in [0.29, 0.717) is 10.6 Å². The van der Waals surface area contributed by atoms with E-state index >= 15 is 0 Å². The molecule has 2 aromatic carbocycles. The van der Waals surface area contributed by atoms with Gasteiger partial charge in [-0.2, -0.15) is 0 Å². The molecule has 0 fully saturated rings. The summed E-state index contributed by atoms with van der Waals surface area (Å²) in [4.78, 5) is 24.4. The van der Waals surface area contributed by atoms with Crippen molar-refractivity contribution in [1.82, 2.24) is 0 Å². The van der Waals surface area contributed by atoms with Gasteiger partial charge in [-0.05, 0) is 37.6 Å². The molecule has 0 aromatic heterocycles. The van der Waals surface area contributed by atoms with Gasteiger partial charge in [-0.1, -0.05) is 29.8 Å². The van der Waals surface area contributed by atoms with Gasteiger partial charge in [0.15, 0.2) is 6.61 Å². The number of hydrogen-bond donors (Lipinski definition) is 1. The lowest BCUT2D eigenvalue weighted by Gasteiger charge is -2.10. The molecule has 0 spiro atoms. The van der Waals surface area contributed by atoms with E-state index in [1.54, 1.807) is 24.3 Å². The number of ether oxygens (including phenoxy) is 1. The van der Waals surface area contributed by atoms with Crippen LogP contribution in [0, 0.1) is 13.8 Å².